The predicted octanol–water partition coefficient (Wildman–Crippen LogP) is 1.56. The van der Waals surface area contributed by atoms with E-state index in [9.17, 15) is 4.79 Å². The van der Waals surface area contributed by atoms with Gasteiger partial charge < -0.3 is 10.6 Å². The molecule has 0 unspecified atom stereocenters. The van der Waals surface area contributed by atoms with Crippen molar-refractivity contribution in [2.75, 3.05) is 11.9 Å². The SMILES string of the molecule is CCCC[C@H](N)C(=O)N(C)c1cccnc1. The van der Waals surface area contributed by atoms with E-state index in [1.54, 1.807) is 30.4 Å². The van der Waals surface area contributed by atoms with Crippen molar-refractivity contribution < 1.29 is 4.79 Å². The number of rotatable bonds is 5. The van der Waals surface area contributed by atoms with Gasteiger partial charge in [-0.15, -0.1) is 0 Å². The number of unbranched alkanes of at least 4 members (excludes halogenated alkanes) is 1. The summed E-state index contributed by atoms with van der Waals surface area (Å²) in [5, 5.41) is 0. The molecule has 0 bridgehead atoms. The molecule has 4 heteroatoms. The van der Waals surface area contributed by atoms with Gasteiger partial charge in [0.1, 0.15) is 0 Å². The number of nitrogens with two attached hydrogens (primary N) is 1. The molecule has 1 atom stereocenters. The zero-order valence-corrected chi connectivity index (χ0v) is 9.89. The summed E-state index contributed by atoms with van der Waals surface area (Å²) >= 11 is 0. The standard InChI is InChI=1S/C12H19N3O/c1-3-4-7-11(13)12(16)15(2)10-6-5-8-14-9-10/h5-6,8-9,11H,3-4,7,13H2,1-2H3/t11-/m0/s1. The van der Waals surface area contributed by atoms with Gasteiger partial charge in [-0.05, 0) is 18.6 Å². The highest BCUT2D eigenvalue weighted by atomic mass is 16.2. The van der Waals surface area contributed by atoms with Crippen molar-refractivity contribution in [3.05, 3.63) is 24.5 Å². The second-order valence-electron chi connectivity index (χ2n) is 3.86. The van der Waals surface area contributed by atoms with Gasteiger partial charge in [-0.2, -0.15) is 0 Å². The first-order valence-electron chi connectivity index (χ1n) is 5.60. The van der Waals surface area contributed by atoms with Gasteiger partial charge in [0.2, 0.25) is 5.91 Å². The fraction of sp³-hybridized carbons (Fsp3) is 0.500. The van der Waals surface area contributed by atoms with E-state index in [2.05, 4.69) is 11.9 Å². The van der Waals surface area contributed by atoms with Gasteiger partial charge in [0.25, 0.3) is 0 Å². The molecule has 16 heavy (non-hydrogen) atoms. The first kappa shape index (κ1) is 12.6. The van der Waals surface area contributed by atoms with Crippen LogP contribution >= 0.6 is 0 Å². The molecule has 1 rings (SSSR count). The third-order valence-corrected chi connectivity index (χ3v) is 2.55. The van der Waals surface area contributed by atoms with Crippen LogP contribution in [0.1, 0.15) is 26.2 Å². The lowest BCUT2D eigenvalue weighted by Crippen LogP contribution is -2.41. The maximum atomic E-state index is 11.9. The second-order valence-corrected chi connectivity index (χ2v) is 3.86. The lowest BCUT2D eigenvalue weighted by Gasteiger charge is -2.20. The summed E-state index contributed by atoms with van der Waals surface area (Å²) in [5.41, 5.74) is 6.61. The highest BCUT2D eigenvalue weighted by Crippen LogP contribution is 2.11. The number of amides is 1. The summed E-state index contributed by atoms with van der Waals surface area (Å²) in [6, 6.07) is 3.24. The number of pyridine rings is 1. The highest BCUT2D eigenvalue weighted by molar-refractivity contribution is 5.96. The Morgan fingerprint density at radius 2 is 2.38 bits per heavy atom. The molecular formula is C12H19N3O. The summed E-state index contributed by atoms with van der Waals surface area (Å²) in [5.74, 6) is -0.0542. The van der Waals surface area contributed by atoms with Gasteiger partial charge in [-0.1, -0.05) is 19.8 Å². The topological polar surface area (TPSA) is 59.2 Å². The molecule has 0 aliphatic heterocycles. The molecule has 0 aliphatic carbocycles. The average molecular weight is 221 g/mol. The third kappa shape index (κ3) is 3.31. The smallest absolute Gasteiger partial charge is 0.243 e. The van der Waals surface area contributed by atoms with Crippen molar-refractivity contribution in [1.82, 2.24) is 4.98 Å². The summed E-state index contributed by atoms with van der Waals surface area (Å²) in [6.45, 7) is 2.09. The summed E-state index contributed by atoms with van der Waals surface area (Å²) < 4.78 is 0. The number of anilines is 1. The number of nitrogens with zero attached hydrogens (tertiary/aromatic N) is 2. The van der Waals surface area contributed by atoms with Crippen LogP contribution in [0.5, 0.6) is 0 Å². The maximum Gasteiger partial charge on any atom is 0.243 e. The number of aromatic nitrogens is 1. The van der Waals surface area contributed by atoms with Crippen molar-refractivity contribution in [3.8, 4) is 0 Å². The number of likely N-dealkylation sites (N-methyl/N-ethyl adjacent to an activating group) is 1. The quantitative estimate of drug-likeness (QED) is 0.821. The Hall–Kier alpha value is -1.42. The van der Waals surface area contributed by atoms with Crippen LogP contribution in [0.15, 0.2) is 24.5 Å². The first-order valence-corrected chi connectivity index (χ1v) is 5.60. The predicted molar refractivity (Wildman–Crippen MR) is 65.1 cm³/mol. The van der Waals surface area contributed by atoms with Crippen LogP contribution in [0.3, 0.4) is 0 Å². The van der Waals surface area contributed by atoms with Crippen LogP contribution < -0.4 is 10.6 Å². The van der Waals surface area contributed by atoms with E-state index in [1.807, 2.05) is 6.07 Å². The Balaban J connectivity index is 2.60. The largest absolute Gasteiger partial charge is 0.320 e. The van der Waals surface area contributed by atoms with Crippen LogP contribution in [-0.2, 0) is 4.79 Å². The molecule has 0 fully saturated rings. The van der Waals surface area contributed by atoms with E-state index >= 15 is 0 Å². The van der Waals surface area contributed by atoms with Gasteiger partial charge >= 0.3 is 0 Å². The van der Waals surface area contributed by atoms with E-state index in [0.717, 1.165) is 24.9 Å². The van der Waals surface area contributed by atoms with E-state index in [0.29, 0.717) is 0 Å². The Kier molecular flexibility index (Phi) is 4.92. The van der Waals surface area contributed by atoms with Gasteiger partial charge in [-0.25, -0.2) is 0 Å². The monoisotopic (exact) mass is 221 g/mol. The lowest BCUT2D eigenvalue weighted by molar-refractivity contribution is -0.119. The first-order chi connectivity index (χ1) is 7.66. The van der Waals surface area contributed by atoms with Crippen molar-refractivity contribution in [2.45, 2.75) is 32.2 Å². The Morgan fingerprint density at radius 3 is 2.94 bits per heavy atom. The molecule has 88 valence electrons. The van der Waals surface area contributed by atoms with Crippen LogP contribution in [0, 0.1) is 0 Å². The van der Waals surface area contributed by atoms with Crippen LogP contribution in [0.2, 0.25) is 0 Å². The number of carbonyl (C=O) groups is 1. The van der Waals surface area contributed by atoms with E-state index in [-0.39, 0.29) is 5.91 Å². The summed E-state index contributed by atoms with van der Waals surface area (Å²) in [7, 11) is 1.73. The molecule has 1 heterocycles. The zero-order chi connectivity index (χ0) is 12.0. The minimum Gasteiger partial charge on any atom is -0.320 e. The molecule has 0 saturated carbocycles. The second kappa shape index (κ2) is 6.23. The Labute approximate surface area is 96.5 Å². The fourth-order valence-corrected chi connectivity index (χ4v) is 1.48. The Morgan fingerprint density at radius 1 is 1.62 bits per heavy atom. The Bertz CT molecular complexity index is 326. The van der Waals surface area contributed by atoms with Crippen molar-refractivity contribution in [3.63, 3.8) is 0 Å². The minimum atomic E-state index is -0.412. The van der Waals surface area contributed by atoms with E-state index in [1.165, 1.54) is 0 Å². The normalized spacial score (nSPS) is 12.2. The highest BCUT2D eigenvalue weighted by Gasteiger charge is 2.18. The van der Waals surface area contributed by atoms with Crippen molar-refractivity contribution in [2.24, 2.45) is 5.73 Å². The summed E-state index contributed by atoms with van der Waals surface area (Å²) in [4.78, 5) is 17.5. The molecule has 2 N–H and O–H groups in total. The summed E-state index contributed by atoms with van der Waals surface area (Å²) in [6.07, 6.45) is 6.11. The fourth-order valence-electron chi connectivity index (χ4n) is 1.48. The minimum absolute atomic E-state index is 0.0542. The molecule has 1 amide bonds. The number of carbonyl (C=O) groups excluding carboxylic acids is 1. The van der Waals surface area contributed by atoms with Gasteiger partial charge in [-0.3, -0.25) is 9.78 Å². The zero-order valence-electron chi connectivity index (χ0n) is 9.89. The third-order valence-electron chi connectivity index (χ3n) is 2.55. The number of hydrogen-bond donors (Lipinski definition) is 1. The molecule has 4 nitrogen and oxygen atoms in total. The van der Waals surface area contributed by atoms with E-state index in [4.69, 9.17) is 5.73 Å². The molecule has 1 aromatic rings. The van der Waals surface area contributed by atoms with Crippen LogP contribution in [0.25, 0.3) is 0 Å². The van der Waals surface area contributed by atoms with Crippen molar-refractivity contribution >= 4 is 11.6 Å². The maximum absolute atomic E-state index is 11.9. The molecule has 1 aromatic heterocycles. The molecular weight excluding hydrogens is 202 g/mol. The molecule has 0 spiro atoms. The van der Waals surface area contributed by atoms with Crippen molar-refractivity contribution in [1.29, 1.82) is 0 Å². The van der Waals surface area contributed by atoms with Crippen LogP contribution in [0.4, 0.5) is 5.69 Å². The molecule has 0 radical (unpaired) electrons. The molecule has 0 saturated heterocycles. The van der Waals surface area contributed by atoms with Gasteiger partial charge in [0, 0.05) is 13.2 Å². The number of hydrogen-bond acceptors (Lipinski definition) is 3. The molecule has 0 aromatic carbocycles. The van der Waals surface area contributed by atoms with Gasteiger partial charge in [0.05, 0.1) is 17.9 Å². The average Bonchev–Trinajstić information content (AvgIpc) is 2.35. The van der Waals surface area contributed by atoms with Crippen LogP contribution in [-0.4, -0.2) is 24.0 Å². The van der Waals surface area contributed by atoms with Gasteiger partial charge in [0.15, 0.2) is 0 Å². The lowest BCUT2D eigenvalue weighted by atomic mass is 10.1. The van der Waals surface area contributed by atoms with E-state index < -0.39 is 6.04 Å². The molecule has 0 aliphatic rings.